The molecule has 1 heterocycles. The molecular weight excluding hydrogens is 196 g/mol. The number of methoxy groups -OCH3 is 1. The van der Waals surface area contributed by atoms with Crippen molar-refractivity contribution < 1.29 is 19.3 Å². The van der Waals surface area contributed by atoms with Crippen molar-refractivity contribution in [3.05, 3.63) is 23.3 Å². The molecule has 0 spiro atoms. The summed E-state index contributed by atoms with van der Waals surface area (Å²) < 4.78 is 15.6. The van der Waals surface area contributed by atoms with Crippen molar-refractivity contribution in [3.8, 4) is 11.5 Å². The van der Waals surface area contributed by atoms with E-state index in [-0.39, 0.29) is 13.4 Å². The SMILES string of the molecule is COCc1cc2c(cc1CCO)OCO2. The van der Waals surface area contributed by atoms with Crippen molar-refractivity contribution >= 4 is 0 Å². The number of aliphatic hydroxyl groups is 1. The predicted octanol–water partition coefficient (Wildman–Crippen LogP) is 1.10. The van der Waals surface area contributed by atoms with E-state index in [4.69, 9.17) is 19.3 Å². The molecule has 0 atom stereocenters. The molecule has 0 saturated heterocycles. The molecule has 1 aromatic carbocycles. The van der Waals surface area contributed by atoms with Crippen LogP contribution in [0.1, 0.15) is 11.1 Å². The molecular formula is C11H14O4. The van der Waals surface area contributed by atoms with E-state index in [1.165, 1.54) is 0 Å². The predicted molar refractivity (Wildman–Crippen MR) is 54.1 cm³/mol. The molecule has 4 heteroatoms. The molecule has 0 amide bonds. The lowest BCUT2D eigenvalue weighted by molar-refractivity contribution is 0.173. The van der Waals surface area contributed by atoms with Crippen LogP contribution in [0.3, 0.4) is 0 Å². The smallest absolute Gasteiger partial charge is 0.231 e. The second kappa shape index (κ2) is 4.51. The maximum absolute atomic E-state index is 8.95. The van der Waals surface area contributed by atoms with E-state index in [1.54, 1.807) is 7.11 Å². The fourth-order valence-corrected chi connectivity index (χ4v) is 1.67. The van der Waals surface area contributed by atoms with Crippen LogP contribution in [0.4, 0.5) is 0 Å². The van der Waals surface area contributed by atoms with Gasteiger partial charge in [-0.15, -0.1) is 0 Å². The van der Waals surface area contributed by atoms with Crippen LogP contribution in [0.15, 0.2) is 12.1 Å². The average Bonchev–Trinajstić information content (AvgIpc) is 2.66. The first-order chi connectivity index (χ1) is 7.35. The second-order valence-corrected chi connectivity index (χ2v) is 3.38. The van der Waals surface area contributed by atoms with Gasteiger partial charge in [0, 0.05) is 13.7 Å². The molecule has 2 rings (SSSR count). The molecule has 0 aromatic heterocycles. The van der Waals surface area contributed by atoms with Gasteiger partial charge in [-0.2, -0.15) is 0 Å². The minimum absolute atomic E-state index is 0.121. The van der Waals surface area contributed by atoms with Crippen LogP contribution in [0.5, 0.6) is 11.5 Å². The van der Waals surface area contributed by atoms with Crippen molar-refractivity contribution in [1.82, 2.24) is 0 Å². The molecule has 0 bridgehead atoms. The van der Waals surface area contributed by atoms with Crippen LogP contribution in [0.2, 0.25) is 0 Å². The third-order valence-corrected chi connectivity index (χ3v) is 2.38. The molecule has 1 N–H and O–H groups in total. The number of benzene rings is 1. The van der Waals surface area contributed by atoms with Crippen LogP contribution in [0, 0.1) is 0 Å². The van der Waals surface area contributed by atoms with Gasteiger partial charge >= 0.3 is 0 Å². The first kappa shape index (κ1) is 10.3. The zero-order valence-corrected chi connectivity index (χ0v) is 8.66. The lowest BCUT2D eigenvalue weighted by atomic mass is 10.0. The van der Waals surface area contributed by atoms with Gasteiger partial charge in [0.1, 0.15) is 0 Å². The first-order valence-corrected chi connectivity index (χ1v) is 4.86. The quantitative estimate of drug-likeness (QED) is 0.808. The van der Waals surface area contributed by atoms with Crippen LogP contribution in [-0.4, -0.2) is 25.6 Å². The van der Waals surface area contributed by atoms with Crippen molar-refractivity contribution in [2.75, 3.05) is 20.5 Å². The number of rotatable bonds is 4. The number of ether oxygens (including phenoxy) is 3. The fourth-order valence-electron chi connectivity index (χ4n) is 1.67. The number of hydrogen-bond acceptors (Lipinski definition) is 4. The highest BCUT2D eigenvalue weighted by molar-refractivity contribution is 5.48. The zero-order chi connectivity index (χ0) is 10.7. The van der Waals surface area contributed by atoms with E-state index in [9.17, 15) is 0 Å². The van der Waals surface area contributed by atoms with E-state index in [0.29, 0.717) is 13.0 Å². The highest BCUT2D eigenvalue weighted by Gasteiger charge is 2.16. The summed E-state index contributed by atoms with van der Waals surface area (Å²) in [6.45, 7) is 0.909. The summed E-state index contributed by atoms with van der Waals surface area (Å²) in [6.07, 6.45) is 0.606. The second-order valence-electron chi connectivity index (χ2n) is 3.38. The molecule has 0 aliphatic carbocycles. The number of fused-ring (bicyclic) bond motifs is 1. The van der Waals surface area contributed by atoms with Gasteiger partial charge in [0.15, 0.2) is 11.5 Å². The molecule has 4 nitrogen and oxygen atoms in total. The summed E-state index contributed by atoms with van der Waals surface area (Å²) in [7, 11) is 1.65. The van der Waals surface area contributed by atoms with Gasteiger partial charge in [-0.25, -0.2) is 0 Å². The zero-order valence-electron chi connectivity index (χ0n) is 8.66. The van der Waals surface area contributed by atoms with Crippen molar-refractivity contribution in [2.45, 2.75) is 13.0 Å². The minimum Gasteiger partial charge on any atom is -0.454 e. The molecule has 1 aliphatic rings. The summed E-state index contributed by atoms with van der Waals surface area (Å²) in [5.41, 5.74) is 2.08. The van der Waals surface area contributed by atoms with E-state index >= 15 is 0 Å². The van der Waals surface area contributed by atoms with Gasteiger partial charge in [-0.1, -0.05) is 0 Å². The number of aliphatic hydroxyl groups excluding tert-OH is 1. The third kappa shape index (κ3) is 2.06. The maximum Gasteiger partial charge on any atom is 0.231 e. The van der Waals surface area contributed by atoms with Crippen LogP contribution in [0.25, 0.3) is 0 Å². The van der Waals surface area contributed by atoms with Gasteiger partial charge < -0.3 is 19.3 Å². The highest BCUT2D eigenvalue weighted by atomic mass is 16.7. The van der Waals surface area contributed by atoms with Crippen molar-refractivity contribution in [2.24, 2.45) is 0 Å². The largest absolute Gasteiger partial charge is 0.454 e. The fraction of sp³-hybridized carbons (Fsp3) is 0.455. The Labute approximate surface area is 88.4 Å². The number of hydrogen-bond donors (Lipinski definition) is 1. The summed E-state index contributed by atoms with van der Waals surface area (Å²) >= 11 is 0. The maximum atomic E-state index is 8.95. The van der Waals surface area contributed by atoms with Crippen molar-refractivity contribution in [3.63, 3.8) is 0 Å². The molecule has 0 radical (unpaired) electrons. The van der Waals surface area contributed by atoms with Crippen LogP contribution < -0.4 is 9.47 Å². The Balaban J connectivity index is 2.33. The van der Waals surface area contributed by atoms with E-state index in [0.717, 1.165) is 22.6 Å². The molecule has 82 valence electrons. The Morgan fingerprint density at radius 1 is 1.27 bits per heavy atom. The Bertz CT molecular complexity index is 316. The molecule has 1 aliphatic heterocycles. The van der Waals surface area contributed by atoms with E-state index in [1.807, 2.05) is 12.1 Å². The summed E-state index contributed by atoms with van der Waals surface area (Å²) in [4.78, 5) is 0. The lowest BCUT2D eigenvalue weighted by Gasteiger charge is -2.09. The minimum atomic E-state index is 0.121. The monoisotopic (exact) mass is 210 g/mol. The van der Waals surface area contributed by atoms with Crippen molar-refractivity contribution in [1.29, 1.82) is 0 Å². The molecule has 0 unspecified atom stereocenters. The topological polar surface area (TPSA) is 47.9 Å². The Morgan fingerprint density at radius 3 is 2.53 bits per heavy atom. The van der Waals surface area contributed by atoms with Gasteiger partial charge in [-0.3, -0.25) is 0 Å². The lowest BCUT2D eigenvalue weighted by Crippen LogP contribution is -1.99. The van der Waals surface area contributed by atoms with Crippen LogP contribution in [-0.2, 0) is 17.8 Å². The summed E-state index contributed by atoms with van der Waals surface area (Å²) in [5, 5.41) is 8.95. The van der Waals surface area contributed by atoms with Gasteiger partial charge in [0.25, 0.3) is 0 Å². The molecule has 0 fully saturated rings. The molecule has 0 saturated carbocycles. The Morgan fingerprint density at radius 2 is 1.93 bits per heavy atom. The summed E-state index contributed by atoms with van der Waals surface area (Å²) in [6, 6.07) is 3.82. The summed E-state index contributed by atoms with van der Waals surface area (Å²) in [5.74, 6) is 1.50. The average molecular weight is 210 g/mol. The van der Waals surface area contributed by atoms with Crippen LogP contribution >= 0.6 is 0 Å². The Hall–Kier alpha value is -1.26. The van der Waals surface area contributed by atoms with Gasteiger partial charge in [0.05, 0.1) is 6.61 Å². The third-order valence-electron chi connectivity index (χ3n) is 2.38. The van der Waals surface area contributed by atoms with Gasteiger partial charge in [-0.05, 0) is 29.7 Å². The first-order valence-electron chi connectivity index (χ1n) is 4.86. The van der Waals surface area contributed by atoms with E-state index < -0.39 is 0 Å². The normalized spacial score (nSPS) is 13.2. The standard InChI is InChI=1S/C11H14O4/c1-13-6-9-5-11-10(14-7-15-11)4-8(9)2-3-12/h4-5,12H,2-3,6-7H2,1H3. The van der Waals surface area contributed by atoms with Gasteiger partial charge in [0.2, 0.25) is 6.79 Å². The van der Waals surface area contributed by atoms with E-state index in [2.05, 4.69) is 0 Å². The molecule has 1 aromatic rings. The highest BCUT2D eigenvalue weighted by Crippen LogP contribution is 2.35. The molecule has 15 heavy (non-hydrogen) atoms. The Kier molecular flexibility index (Phi) is 3.08.